The van der Waals surface area contributed by atoms with E-state index in [0.29, 0.717) is 29.6 Å². The lowest BCUT2D eigenvalue weighted by Gasteiger charge is -2.25. The van der Waals surface area contributed by atoms with Crippen molar-refractivity contribution in [2.45, 2.75) is 13.0 Å². The summed E-state index contributed by atoms with van der Waals surface area (Å²) < 4.78 is 16.4. The summed E-state index contributed by atoms with van der Waals surface area (Å²) in [6, 6.07) is 13.8. The molecule has 2 heterocycles. The maximum Gasteiger partial charge on any atom is 0.300 e. The standard InChI is InChI=1S/C24H20ClNO6/c1-3-31-14-10-11-16(25)15(13-14)22(27)20-21(19-9-6-12-32-19)26(24(29)23(20)28)17-7-4-5-8-18(17)30-2/h4-13,21,27H,3H2,1-2H3/b22-20-. The number of carbonyl (C=O) groups excluding carboxylic acids is 2. The molecule has 4 rings (SSSR count). The number of hydrogen-bond donors (Lipinski definition) is 1. The SMILES string of the molecule is CCOc1ccc(Cl)c(/C(O)=C2/C(=O)C(=O)N(c3ccccc3OC)C2c2ccco2)c1. The van der Waals surface area contributed by atoms with Crippen LogP contribution in [0.1, 0.15) is 24.3 Å². The predicted molar refractivity (Wildman–Crippen MR) is 119 cm³/mol. The van der Waals surface area contributed by atoms with Crippen LogP contribution in [-0.2, 0) is 9.59 Å². The van der Waals surface area contributed by atoms with E-state index in [1.165, 1.54) is 24.3 Å². The fraction of sp³-hybridized carbons (Fsp3) is 0.167. The van der Waals surface area contributed by atoms with Gasteiger partial charge in [0.25, 0.3) is 11.7 Å². The number of furan rings is 1. The van der Waals surface area contributed by atoms with Gasteiger partial charge in [0.1, 0.15) is 29.1 Å². The van der Waals surface area contributed by atoms with Gasteiger partial charge in [0.05, 0.1) is 36.3 Å². The van der Waals surface area contributed by atoms with Crippen LogP contribution in [0.5, 0.6) is 11.5 Å². The molecular weight excluding hydrogens is 434 g/mol. The number of amides is 1. The number of Topliss-reactive ketones (excluding diaryl/α,β-unsaturated/α-hetero) is 1. The highest BCUT2D eigenvalue weighted by Crippen LogP contribution is 2.45. The lowest BCUT2D eigenvalue weighted by molar-refractivity contribution is -0.132. The second-order valence-corrected chi connectivity index (χ2v) is 7.34. The van der Waals surface area contributed by atoms with Gasteiger partial charge in [0.15, 0.2) is 0 Å². The number of aliphatic hydroxyl groups excluding tert-OH is 1. The number of benzene rings is 2. The Hall–Kier alpha value is -3.71. The number of ether oxygens (including phenoxy) is 2. The zero-order valence-corrected chi connectivity index (χ0v) is 18.1. The third kappa shape index (κ3) is 3.61. The molecular formula is C24H20ClNO6. The second-order valence-electron chi connectivity index (χ2n) is 6.93. The first kappa shape index (κ1) is 21.5. The Balaban J connectivity index is 1.95. The summed E-state index contributed by atoms with van der Waals surface area (Å²) in [6.07, 6.45) is 1.43. The van der Waals surface area contributed by atoms with Gasteiger partial charge in [0, 0.05) is 5.56 Å². The molecule has 1 atom stereocenters. The zero-order chi connectivity index (χ0) is 22.8. The number of nitrogens with zero attached hydrogens (tertiary/aromatic N) is 1. The third-order valence-corrected chi connectivity index (χ3v) is 5.44. The molecule has 32 heavy (non-hydrogen) atoms. The molecule has 3 aromatic rings. The van der Waals surface area contributed by atoms with Gasteiger partial charge in [-0.05, 0) is 49.4 Å². The lowest BCUT2D eigenvalue weighted by atomic mass is 9.99. The van der Waals surface area contributed by atoms with Gasteiger partial charge in [-0.2, -0.15) is 0 Å². The highest BCUT2D eigenvalue weighted by molar-refractivity contribution is 6.52. The first-order chi connectivity index (χ1) is 15.5. The number of aliphatic hydroxyl groups is 1. The van der Waals surface area contributed by atoms with E-state index < -0.39 is 23.5 Å². The zero-order valence-electron chi connectivity index (χ0n) is 17.4. The smallest absolute Gasteiger partial charge is 0.300 e. The number of anilines is 1. The average Bonchev–Trinajstić information content (AvgIpc) is 3.42. The summed E-state index contributed by atoms with van der Waals surface area (Å²) in [5.74, 6) is -0.959. The number of rotatable bonds is 6. The van der Waals surface area contributed by atoms with Crippen molar-refractivity contribution in [1.29, 1.82) is 0 Å². The molecule has 7 nitrogen and oxygen atoms in total. The Morgan fingerprint density at radius 3 is 2.62 bits per heavy atom. The summed E-state index contributed by atoms with van der Waals surface area (Å²) in [5, 5.41) is 11.4. The molecule has 1 unspecified atom stereocenters. The van der Waals surface area contributed by atoms with Crippen molar-refractivity contribution in [3.05, 3.63) is 82.8 Å². The van der Waals surface area contributed by atoms with Gasteiger partial charge in [-0.3, -0.25) is 14.5 Å². The molecule has 0 aliphatic carbocycles. The molecule has 1 N–H and O–H groups in total. The van der Waals surface area contributed by atoms with Crippen LogP contribution in [0.15, 0.2) is 70.9 Å². The van der Waals surface area contributed by atoms with E-state index in [1.807, 2.05) is 6.92 Å². The molecule has 0 bridgehead atoms. The Morgan fingerprint density at radius 1 is 1.16 bits per heavy atom. The van der Waals surface area contributed by atoms with Crippen LogP contribution in [0, 0.1) is 0 Å². The van der Waals surface area contributed by atoms with Gasteiger partial charge >= 0.3 is 0 Å². The molecule has 0 spiro atoms. The van der Waals surface area contributed by atoms with Gasteiger partial charge in [-0.15, -0.1) is 0 Å². The summed E-state index contributed by atoms with van der Waals surface area (Å²) >= 11 is 6.32. The van der Waals surface area contributed by atoms with Gasteiger partial charge in [0.2, 0.25) is 0 Å². The topological polar surface area (TPSA) is 89.2 Å². The van der Waals surface area contributed by atoms with Crippen molar-refractivity contribution >= 4 is 34.7 Å². The molecule has 164 valence electrons. The minimum absolute atomic E-state index is 0.147. The summed E-state index contributed by atoms with van der Waals surface area (Å²) in [5.41, 5.74) is 0.394. The van der Waals surface area contributed by atoms with E-state index in [1.54, 1.807) is 48.5 Å². The first-order valence-electron chi connectivity index (χ1n) is 9.88. The van der Waals surface area contributed by atoms with E-state index >= 15 is 0 Å². The summed E-state index contributed by atoms with van der Waals surface area (Å²) in [6.45, 7) is 2.23. The number of hydrogen-bond acceptors (Lipinski definition) is 6. The third-order valence-electron chi connectivity index (χ3n) is 5.11. The second kappa shape index (κ2) is 8.80. The highest BCUT2D eigenvalue weighted by Gasteiger charge is 2.49. The fourth-order valence-electron chi connectivity index (χ4n) is 3.71. The molecule has 2 aromatic carbocycles. The van der Waals surface area contributed by atoms with Gasteiger partial charge < -0.3 is 19.0 Å². The van der Waals surface area contributed by atoms with Crippen LogP contribution in [0.4, 0.5) is 5.69 Å². The Morgan fingerprint density at radius 2 is 1.94 bits per heavy atom. The van der Waals surface area contributed by atoms with E-state index in [0.717, 1.165) is 0 Å². The molecule has 1 saturated heterocycles. The number of halogens is 1. The number of para-hydroxylation sites is 2. The Bertz CT molecular complexity index is 1200. The predicted octanol–water partition coefficient (Wildman–Crippen LogP) is 4.97. The van der Waals surface area contributed by atoms with E-state index in [4.69, 9.17) is 25.5 Å². The van der Waals surface area contributed by atoms with Crippen molar-refractivity contribution in [3.63, 3.8) is 0 Å². The van der Waals surface area contributed by atoms with Crippen LogP contribution in [0.3, 0.4) is 0 Å². The number of ketones is 1. The average molecular weight is 454 g/mol. The van der Waals surface area contributed by atoms with Crippen molar-refractivity contribution in [3.8, 4) is 11.5 Å². The van der Waals surface area contributed by atoms with Crippen LogP contribution in [0.25, 0.3) is 5.76 Å². The lowest BCUT2D eigenvalue weighted by Crippen LogP contribution is -2.29. The number of methoxy groups -OCH3 is 1. The quantitative estimate of drug-likeness (QED) is 0.322. The van der Waals surface area contributed by atoms with E-state index in [2.05, 4.69) is 0 Å². The molecule has 0 saturated carbocycles. The van der Waals surface area contributed by atoms with Crippen molar-refractivity contribution in [2.75, 3.05) is 18.6 Å². The van der Waals surface area contributed by atoms with Crippen LogP contribution in [0.2, 0.25) is 5.02 Å². The van der Waals surface area contributed by atoms with Gasteiger partial charge in [-0.1, -0.05) is 23.7 Å². The Kier molecular flexibility index (Phi) is 5.92. The fourth-order valence-corrected chi connectivity index (χ4v) is 3.92. The maximum atomic E-state index is 13.2. The van der Waals surface area contributed by atoms with Crippen LogP contribution in [-0.4, -0.2) is 30.5 Å². The van der Waals surface area contributed by atoms with Crippen molar-refractivity contribution in [2.24, 2.45) is 0 Å². The molecule has 1 aliphatic heterocycles. The number of carbonyl (C=O) groups is 2. The normalized spacial score (nSPS) is 17.6. The largest absolute Gasteiger partial charge is 0.507 e. The Labute approximate surface area is 189 Å². The molecule has 0 radical (unpaired) electrons. The molecule has 1 fully saturated rings. The van der Waals surface area contributed by atoms with Gasteiger partial charge in [-0.25, -0.2) is 0 Å². The van der Waals surface area contributed by atoms with Crippen molar-refractivity contribution in [1.82, 2.24) is 0 Å². The highest BCUT2D eigenvalue weighted by atomic mass is 35.5. The first-order valence-corrected chi connectivity index (χ1v) is 10.3. The van der Waals surface area contributed by atoms with Crippen molar-refractivity contribution < 1.29 is 28.6 Å². The molecule has 1 aromatic heterocycles. The van der Waals surface area contributed by atoms with Crippen LogP contribution >= 0.6 is 11.6 Å². The molecule has 1 amide bonds. The molecule has 8 heteroatoms. The van der Waals surface area contributed by atoms with Crippen LogP contribution < -0.4 is 14.4 Å². The summed E-state index contributed by atoms with van der Waals surface area (Å²) in [7, 11) is 1.47. The van der Waals surface area contributed by atoms with E-state index in [-0.39, 0.29) is 16.2 Å². The summed E-state index contributed by atoms with van der Waals surface area (Å²) in [4.78, 5) is 27.6. The monoisotopic (exact) mass is 453 g/mol. The molecule has 1 aliphatic rings. The maximum absolute atomic E-state index is 13.2. The minimum atomic E-state index is -1.02. The van der Waals surface area contributed by atoms with E-state index in [9.17, 15) is 14.7 Å². The minimum Gasteiger partial charge on any atom is -0.507 e.